The molecule has 0 aliphatic carbocycles. The van der Waals surface area contributed by atoms with E-state index in [2.05, 4.69) is 12.3 Å². The van der Waals surface area contributed by atoms with Gasteiger partial charge in [-0.25, -0.2) is 5.01 Å². The largest absolute Gasteiger partial charge is 0.496 e. The molecule has 0 saturated heterocycles. The molecule has 1 N–H and O–H groups in total. The molecule has 1 rings (SSSR count). The Morgan fingerprint density at radius 1 is 1.04 bits per heavy atom. The second kappa shape index (κ2) is 10.8. The van der Waals surface area contributed by atoms with Crippen LogP contribution in [0.4, 0.5) is 0 Å². The number of ether oxygens (including phenoxy) is 1. The summed E-state index contributed by atoms with van der Waals surface area (Å²) in [5.74, 6) is 0.0989. The molecule has 26 heavy (non-hydrogen) atoms. The highest BCUT2D eigenvalue weighted by Gasteiger charge is 2.30. The molecular weight excluding hydrogens is 328 g/mol. The van der Waals surface area contributed by atoms with Crippen molar-refractivity contribution in [3.8, 4) is 5.75 Å². The number of unbranched alkanes of at least 4 members (excludes halogenated alkanes) is 5. The molecule has 1 aromatic carbocycles. The number of para-hydroxylation sites is 1. The van der Waals surface area contributed by atoms with Crippen molar-refractivity contribution in [1.29, 1.82) is 0 Å². The molecule has 5 nitrogen and oxygen atoms in total. The van der Waals surface area contributed by atoms with E-state index in [-0.39, 0.29) is 11.8 Å². The molecule has 0 saturated carbocycles. The van der Waals surface area contributed by atoms with Gasteiger partial charge in [0.05, 0.1) is 18.2 Å². The summed E-state index contributed by atoms with van der Waals surface area (Å²) in [5, 5.41) is 1.41. The highest BCUT2D eigenvalue weighted by molar-refractivity contribution is 5.98. The van der Waals surface area contributed by atoms with E-state index < -0.39 is 5.54 Å². The second-order valence-corrected chi connectivity index (χ2v) is 7.56. The van der Waals surface area contributed by atoms with Gasteiger partial charge in [-0.05, 0) is 39.3 Å². The zero-order valence-corrected chi connectivity index (χ0v) is 16.9. The lowest BCUT2D eigenvalue weighted by Crippen LogP contribution is -2.55. The van der Waals surface area contributed by atoms with Gasteiger partial charge in [-0.2, -0.15) is 0 Å². The van der Waals surface area contributed by atoms with Gasteiger partial charge < -0.3 is 4.74 Å². The number of hydrogen-bond donors (Lipinski definition) is 1. The van der Waals surface area contributed by atoms with Crippen LogP contribution in [-0.2, 0) is 4.79 Å². The fourth-order valence-corrected chi connectivity index (χ4v) is 2.71. The topological polar surface area (TPSA) is 58.6 Å². The summed E-state index contributed by atoms with van der Waals surface area (Å²) in [5.41, 5.74) is 2.69. The first-order valence-electron chi connectivity index (χ1n) is 9.58. The maximum absolute atomic E-state index is 13.0. The Morgan fingerprint density at radius 3 is 2.27 bits per heavy atom. The average molecular weight is 363 g/mol. The van der Waals surface area contributed by atoms with E-state index >= 15 is 0 Å². The molecule has 0 spiro atoms. The molecule has 0 radical (unpaired) electrons. The van der Waals surface area contributed by atoms with Crippen LogP contribution in [0.25, 0.3) is 0 Å². The molecule has 1 aromatic rings. The van der Waals surface area contributed by atoms with Crippen LogP contribution in [-0.4, -0.2) is 29.5 Å². The first-order chi connectivity index (χ1) is 12.3. The Hall–Kier alpha value is -2.04. The molecule has 0 aromatic heterocycles. The molecule has 0 heterocycles. The Balaban J connectivity index is 2.70. The van der Waals surface area contributed by atoms with Crippen LogP contribution in [0.1, 0.15) is 83.0 Å². The highest BCUT2D eigenvalue weighted by atomic mass is 16.5. The monoisotopic (exact) mass is 362 g/mol. The summed E-state index contributed by atoms with van der Waals surface area (Å²) < 4.78 is 5.29. The predicted octanol–water partition coefficient (Wildman–Crippen LogP) is 4.72. The Labute approximate surface area is 158 Å². The van der Waals surface area contributed by atoms with Crippen LogP contribution in [0.15, 0.2) is 24.3 Å². The number of nitrogens with zero attached hydrogens (tertiary/aromatic N) is 1. The normalized spacial score (nSPS) is 11.1. The SMILES string of the molecule is CCCCCCCCC(=O)NN(C(=O)c1ccccc1OC)C(C)(C)C. The standard InChI is InChI=1S/C21H34N2O3/c1-6-7-8-9-10-11-16-19(24)22-23(21(2,3)4)20(25)17-14-12-13-15-18(17)26-5/h12-15H,6-11,16H2,1-5H3,(H,22,24). The van der Waals surface area contributed by atoms with Gasteiger partial charge in [-0.15, -0.1) is 0 Å². The van der Waals surface area contributed by atoms with Gasteiger partial charge >= 0.3 is 0 Å². The summed E-state index contributed by atoms with van der Waals surface area (Å²) in [7, 11) is 1.53. The summed E-state index contributed by atoms with van der Waals surface area (Å²) in [6.07, 6.45) is 7.16. The van der Waals surface area contributed by atoms with Crippen molar-refractivity contribution in [3.05, 3.63) is 29.8 Å². The van der Waals surface area contributed by atoms with Gasteiger partial charge in [-0.1, -0.05) is 51.2 Å². The van der Waals surface area contributed by atoms with Gasteiger partial charge in [-0.3, -0.25) is 15.0 Å². The van der Waals surface area contributed by atoms with E-state index in [4.69, 9.17) is 4.74 Å². The molecule has 0 fully saturated rings. The first-order valence-corrected chi connectivity index (χ1v) is 9.58. The van der Waals surface area contributed by atoms with Gasteiger partial charge in [0.1, 0.15) is 5.75 Å². The number of carbonyl (C=O) groups is 2. The van der Waals surface area contributed by atoms with Crippen molar-refractivity contribution in [2.24, 2.45) is 0 Å². The number of hydrogen-bond acceptors (Lipinski definition) is 3. The number of amides is 2. The van der Waals surface area contributed by atoms with Crippen molar-refractivity contribution in [2.75, 3.05) is 7.11 Å². The van der Waals surface area contributed by atoms with Crippen LogP contribution in [0.5, 0.6) is 5.75 Å². The van der Waals surface area contributed by atoms with Crippen molar-refractivity contribution in [3.63, 3.8) is 0 Å². The number of benzene rings is 1. The molecule has 2 amide bonds. The fourth-order valence-electron chi connectivity index (χ4n) is 2.71. The molecule has 0 bridgehead atoms. The number of rotatable bonds is 9. The van der Waals surface area contributed by atoms with Crippen molar-refractivity contribution in [1.82, 2.24) is 10.4 Å². The van der Waals surface area contributed by atoms with Crippen molar-refractivity contribution >= 4 is 11.8 Å². The van der Waals surface area contributed by atoms with Crippen molar-refractivity contribution < 1.29 is 14.3 Å². The summed E-state index contributed by atoms with van der Waals surface area (Å²) in [6, 6.07) is 7.05. The van der Waals surface area contributed by atoms with Crippen LogP contribution in [0.3, 0.4) is 0 Å². The summed E-state index contributed by atoms with van der Waals surface area (Å²) in [6.45, 7) is 7.87. The lowest BCUT2D eigenvalue weighted by atomic mass is 10.1. The average Bonchev–Trinajstić information content (AvgIpc) is 2.61. The molecule has 0 atom stereocenters. The quantitative estimate of drug-likeness (QED) is 0.511. The molecule has 0 aliphatic heterocycles. The number of methoxy groups -OCH3 is 1. The third-order valence-corrected chi connectivity index (χ3v) is 4.21. The molecule has 0 unspecified atom stereocenters. The van der Waals surface area contributed by atoms with Crippen LogP contribution < -0.4 is 10.2 Å². The third-order valence-electron chi connectivity index (χ3n) is 4.21. The van der Waals surface area contributed by atoms with E-state index in [0.29, 0.717) is 17.7 Å². The molecule has 0 aliphatic rings. The Bertz CT molecular complexity index is 579. The van der Waals surface area contributed by atoms with E-state index in [0.717, 1.165) is 19.3 Å². The third kappa shape index (κ3) is 7.06. The fraction of sp³-hybridized carbons (Fsp3) is 0.619. The smallest absolute Gasteiger partial charge is 0.276 e. The van der Waals surface area contributed by atoms with E-state index in [1.807, 2.05) is 26.8 Å². The number of hydrazine groups is 1. The van der Waals surface area contributed by atoms with E-state index in [1.54, 1.807) is 18.2 Å². The van der Waals surface area contributed by atoms with Crippen LogP contribution in [0.2, 0.25) is 0 Å². The lowest BCUT2D eigenvalue weighted by Gasteiger charge is -2.35. The minimum atomic E-state index is -0.547. The zero-order chi connectivity index (χ0) is 19.6. The molecule has 5 heteroatoms. The van der Waals surface area contributed by atoms with E-state index in [1.165, 1.54) is 31.4 Å². The second-order valence-electron chi connectivity index (χ2n) is 7.56. The zero-order valence-electron chi connectivity index (χ0n) is 16.9. The highest BCUT2D eigenvalue weighted by Crippen LogP contribution is 2.22. The van der Waals surface area contributed by atoms with Gasteiger partial charge in [0.2, 0.25) is 5.91 Å². The van der Waals surface area contributed by atoms with E-state index in [9.17, 15) is 9.59 Å². The number of carbonyl (C=O) groups excluding carboxylic acids is 2. The van der Waals surface area contributed by atoms with Gasteiger partial charge in [0.25, 0.3) is 5.91 Å². The minimum Gasteiger partial charge on any atom is -0.496 e. The lowest BCUT2D eigenvalue weighted by molar-refractivity contribution is -0.127. The van der Waals surface area contributed by atoms with Gasteiger partial charge in [0.15, 0.2) is 0 Å². The maximum Gasteiger partial charge on any atom is 0.276 e. The molecule has 146 valence electrons. The number of nitrogens with one attached hydrogen (secondary N) is 1. The first kappa shape index (κ1) is 22.0. The summed E-state index contributed by atoms with van der Waals surface area (Å²) in [4.78, 5) is 25.3. The van der Waals surface area contributed by atoms with Crippen LogP contribution in [0, 0.1) is 0 Å². The maximum atomic E-state index is 13.0. The Morgan fingerprint density at radius 2 is 1.65 bits per heavy atom. The molecular formula is C21H34N2O3. The van der Waals surface area contributed by atoms with Crippen molar-refractivity contribution in [2.45, 2.75) is 78.2 Å². The summed E-state index contributed by atoms with van der Waals surface area (Å²) >= 11 is 0. The predicted molar refractivity (Wildman–Crippen MR) is 105 cm³/mol. The minimum absolute atomic E-state index is 0.126. The Kier molecular flexibility index (Phi) is 9.17. The van der Waals surface area contributed by atoms with Gasteiger partial charge in [0, 0.05) is 6.42 Å². The van der Waals surface area contributed by atoms with Crippen LogP contribution >= 0.6 is 0 Å².